The first-order valence-corrected chi connectivity index (χ1v) is 13.3. The molecule has 5 nitrogen and oxygen atoms in total. The van der Waals surface area contributed by atoms with E-state index < -0.39 is 0 Å². The van der Waals surface area contributed by atoms with Crippen LogP contribution < -0.4 is 14.2 Å². The number of rotatable bonds is 13. The van der Waals surface area contributed by atoms with E-state index in [0.717, 1.165) is 17.5 Å². The fourth-order valence-corrected chi connectivity index (χ4v) is 4.95. The van der Waals surface area contributed by atoms with Crippen LogP contribution in [0.3, 0.4) is 0 Å². The molecular formula is C31H47NO4. The van der Waals surface area contributed by atoms with E-state index in [1.165, 1.54) is 31.2 Å². The molecule has 0 bridgehead atoms. The second-order valence-corrected chi connectivity index (χ2v) is 10.8. The molecule has 36 heavy (non-hydrogen) atoms. The molecule has 0 aliphatic carbocycles. The summed E-state index contributed by atoms with van der Waals surface area (Å²) in [5.74, 6) is 2.02. The Kier molecular flexibility index (Phi) is 10.7. The Hall–Kier alpha value is -2.69. The first kappa shape index (κ1) is 29.5. The van der Waals surface area contributed by atoms with Crippen molar-refractivity contribution in [2.75, 3.05) is 21.3 Å². The zero-order valence-corrected chi connectivity index (χ0v) is 24.2. The average molecular weight is 498 g/mol. The summed E-state index contributed by atoms with van der Waals surface area (Å²) in [4.78, 5) is 15.7. The molecule has 5 heteroatoms. The molecular weight excluding hydrogens is 450 g/mol. The molecule has 0 unspecified atom stereocenters. The predicted octanol–water partition coefficient (Wildman–Crippen LogP) is 7.89. The van der Waals surface area contributed by atoms with Crippen LogP contribution in [0.25, 0.3) is 11.1 Å². The summed E-state index contributed by atoms with van der Waals surface area (Å²) >= 11 is 0. The fraction of sp³-hybridized carbons (Fsp3) is 0.581. The van der Waals surface area contributed by atoms with Crippen LogP contribution in [0.5, 0.6) is 17.2 Å². The minimum atomic E-state index is -0.0358. The number of carbonyl (C=O) groups is 1. The SMILES string of the molecule is CCCCCCC(C)(C)c1cc(OC)c(-c2cc(OC)ccc2C(=O)N(C(C)C)C(C)C)c(OC)c1. The fourth-order valence-electron chi connectivity index (χ4n) is 4.95. The van der Waals surface area contributed by atoms with E-state index in [9.17, 15) is 4.79 Å². The number of carbonyl (C=O) groups excluding carboxylic acids is 1. The largest absolute Gasteiger partial charge is 0.497 e. The van der Waals surface area contributed by atoms with Crippen molar-refractivity contribution in [2.24, 2.45) is 0 Å². The van der Waals surface area contributed by atoms with Crippen LogP contribution in [-0.2, 0) is 5.41 Å². The zero-order chi connectivity index (χ0) is 27.0. The summed E-state index contributed by atoms with van der Waals surface area (Å²) in [6.45, 7) is 14.9. The zero-order valence-electron chi connectivity index (χ0n) is 24.2. The molecule has 0 saturated heterocycles. The van der Waals surface area contributed by atoms with E-state index in [4.69, 9.17) is 14.2 Å². The lowest BCUT2D eigenvalue weighted by molar-refractivity contribution is 0.0644. The maximum Gasteiger partial charge on any atom is 0.254 e. The normalized spacial score (nSPS) is 11.7. The maximum absolute atomic E-state index is 13.8. The van der Waals surface area contributed by atoms with Gasteiger partial charge in [0.05, 0.1) is 26.9 Å². The Balaban J connectivity index is 2.70. The molecule has 0 radical (unpaired) electrons. The van der Waals surface area contributed by atoms with Crippen molar-refractivity contribution in [2.45, 2.75) is 98.1 Å². The molecule has 1 amide bonds. The van der Waals surface area contributed by atoms with Crippen LogP contribution in [0, 0.1) is 0 Å². The van der Waals surface area contributed by atoms with Gasteiger partial charge in [0.2, 0.25) is 0 Å². The van der Waals surface area contributed by atoms with E-state index in [-0.39, 0.29) is 23.4 Å². The van der Waals surface area contributed by atoms with Gasteiger partial charge in [-0.2, -0.15) is 0 Å². The molecule has 2 rings (SSSR count). The first-order valence-electron chi connectivity index (χ1n) is 13.3. The highest BCUT2D eigenvalue weighted by Crippen LogP contribution is 2.45. The van der Waals surface area contributed by atoms with Crippen molar-refractivity contribution in [3.63, 3.8) is 0 Å². The summed E-state index contributed by atoms with van der Waals surface area (Å²) in [6, 6.07) is 9.92. The van der Waals surface area contributed by atoms with Gasteiger partial charge < -0.3 is 19.1 Å². The lowest BCUT2D eigenvalue weighted by Gasteiger charge is -2.32. The molecule has 0 saturated carbocycles. The van der Waals surface area contributed by atoms with E-state index in [2.05, 4.69) is 32.9 Å². The number of ether oxygens (including phenoxy) is 3. The molecule has 0 N–H and O–H groups in total. The van der Waals surface area contributed by atoms with Gasteiger partial charge in [-0.15, -0.1) is 0 Å². The number of hydrogen-bond donors (Lipinski definition) is 0. The standard InChI is InChI=1S/C31H47NO4/c1-11-12-13-14-17-31(6,7)23-18-27(35-9)29(28(19-23)36-10)26-20-24(34-8)15-16-25(26)30(33)32(21(2)3)22(4)5/h15-16,18-22H,11-14,17H2,1-10H3. The van der Waals surface area contributed by atoms with E-state index in [1.54, 1.807) is 21.3 Å². The van der Waals surface area contributed by atoms with Crippen molar-refractivity contribution >= 4 is 5.91 Å². The minimum Gasteiger partial charge on any atom is -0.497 e. The first-order chi connectivity index (χ1) is 17.0. The second-order valence-electron chi connectivity index (χ2n) is 10.8. The maximum atomic E-state index is 13.8. The van der Waals surface area contributed by atoms with E-state index in [0.29, 0.717) is 22.8 Å². The third-order valence-corrected chi connectivity index (χ3v) is 7.02. The summed E-state index contributed by atoms with van der Waals surface area (Å²) in [5.41, 5.74) is 3.23. The van der Waals surface area contributed by atoms with Crippen LogP contribution in [-0.4, -0.2) is 44.2 Å². The summed E-state index contributed by atoms with van der Waals surface area (Å²) in [5, 5.41) is 0. The molecule has 0 aliphatic heterocycles. The Morgan fingerprint density at radius 3 is 1.92 bits per heavy atom. The van der Waals surface area contributed by atoms with Gasteiger partial charge in [-0.05, 0) is 75.4 Å². The third kappa shape index (κ3) is 6.74. The summed E-state index contributed by atoms with van der Waals surface area (Å²) in [6.07, 6.45) is 5.99. The van der Waals surface area contributed by atoms with Gasteiger partial charge in [0.1, 0.15) is 17.2 Å². The Morgan fingerprint density at radius 1 is 0.861 bits per heavy atom. The van der Waals surface area contributed by atoms with Gasteiger partial charge in [0, 0.05) is 23.2 Å². The van der Waals surface area contributed by atoms with Gasteiger partial charge in [-0.3, -0.25) is 4.79 Å². The third-order valence-electron chi connectivity index (χ3n) is 7.02. The van der Waals surface area contributed by atoms with Gasteiger partial charge >= 0.3 is 0 Å². The number of unbranched alkanes of at least 4 members (excludes halogenated alkanes) is 3. The number of methoxy groups -OCH3 is 3. The Labute approximate surface area is 219 Å². The highest BCUT2D eigenvalue weighted by Gasteiger charge is 2.29. The van der Waals surface area contributed by atoms with E-state index >= 15 is 0 Å². The molecule has 0 spiro atoms. The molecule has 0 aromatic heterocycles. The smallest absolute Gasteiger partial charge is 0.254 e. The highest BCUT2D eigenvalue weighted by atomic mass is 16.5. The molecule has 0 atom stereocenters. The molecule has 0 heterocycles. The van der Waals surface area contributed by atoms with Crippen LogP contribution in [0.1, 0.15) is 96.5 Å². The Morgan fingerprint density at radius 2 is 1.44 bits per heavy atom. The van der Waals surface area contributed by atoms with Gasteiger partial charge in [-0.1, -0.05) is 46.5 Å². The van der Waals surface area contributed by atoms with Gasteiger partial charge in [0.25, 0.3) is 5.91 Å². The summed E-state index contributed by atoms with van der Waals surface area (Å²) in [7, 11) is 4.98. The van der Waals surface area contributed by atoms with Crippen molar-refractivity contribution in [3.8, 4) is 28.4 Å². The molecule has 2 aromatic rings. The van der Waals surface area contributed by atoms with E-state index in [1.807, 2.05) is 50.8 Å². The van der Waals surface area contributed by atoms with Crippen LogP contribution in [0.4, 0.5) is 0 Å². The average Bonchev–Trinajstić information content (AvgIpc) is 2.84. The monoisotopic (exact) mass is 497 g/mol. The van der Waals surface area contributed by atoms with Crippen molar-refractivity contribution < 1.29 is 19.0 Å². The van der Waals surface area contributed by atoms with Crippen molar-refractivity contribution in [3.05, 3.63) is 41.5 Å². The number of amides is 1. The summed E-state index contributed by atoms with van der Waals surface area (Å²) < 4.78 is 17.4. The minimum absolute atomic E-state index is 0.0258. The number of hydrogen-bond acceptors (Lipinski definition) is 4. The quantitative estimate of drug-likeness (QED) is 0.264. The predicted molar refractivity (Wildman–Crippen MR) is 150 cm³/mol. The number of benzene rings is 2. The number of nitrogens with zero attached hydrogens (tertiary/aromatic N) is 1. The van der Waals surface area contributed by atoms with Crippen LogP contribution >= 0.6 is 0 Å². The molecule has 0 aliphatic rings. The molecule has 0 fully saturated rings. The lowest BCUT2D eigenvalue weighted by Crippen LogP contribution is -2.42. The van der Waals surface area contributed by atoms with Gasteiger partial charge in [-0.25, -0.2) is 0 Å². The van der Waals surface area contributed by atoms with Gasteiger partial charge in [0.15, 0.2) is 0 Å². The lowest BCUT2D eigenvalue weighted by atomic mass is 9.79. The van der Waals surface area contributed by atoms with Crippen LogP contribution in [0.15, 0.2) is 30.3 Å². The second kappa shape index (κ2) is 13.0. The molecule has 2 aromatic carbocycles. The van der Waals surface area contributed by atoms with Crippen molar-refractivity contribution in [1.82, 2.24) is 4.90 Å². The molecule has 200 valence electrons. The van der Waals surface area contributed by atoms with Crippen LogP contribution in [0.2, 0.25) is 0 Å². The highest BCUT2D eigenvalue weighted by molar-refractivity contribution is 6.03. The topological polar surface area (TPSA) is 48.0 Å². The van der Waals surface area contributed by atoms with Crippen molar-refractivity contribution in [1.29, 1.82) is 0 Å². The Bertz CT molecular complexity index is 977.